The molecule has 0 saturated carbocycles. The van der Waals surface area contributed by atoms with Gasteiger partial charge in [-0.25, -0.2) is 0 Å². The number of ether oxygens (including phenoxy) is 1. The summed E-state index contributed by atoms with van der Waals surface area (Å²) in [5, 5.41) is 2.46. The van der Waals surface area contributed by atoms with Crippen molar-refractivity contribution in [1.82, 2.24) is 0 Å². The van der Waals surface area contributed by atoms with Crippen LogP contribution in [0.4, 0.5) is 0 Å². The second-order valence-electron chi connectivity index (χ2n) is 3.70. The van der Waals surface area contributed by atoms with Crippen LogP contribution < -0.4 is 0 Å². The molecule has 0 N–H and O–H groups in total. The summed E-state index contributed by atoms with van der Waals surface area (Å²) in [7, 11) is 0. The van der Waals surface area contributed by atoms with E-state index in [4.69, 9.17) is 4.74 Å². The molecule has 1 aliphatic rings. The number of hydrogen-bond acceptors (Lipinski definition) is 1. The van der Waals surface area contributed by atoms with E-state index in [2.05, 4.69) is 36.4 Å². The molecule has 0 atom stereocenters. The third kappa shape index (κ3) is 1.50. The smallest absolute Gasteiger partial charge is 0.199 e. The van der Waals surface area contributed by atoms with Crippen LogP contribution in [0.15, 0.2) is 67.0 Å². The van der Waals surface area contributed by atoms with Gasteiger partial charge in [-0.2, -0.15) is 0 Å². The summed E-state index contributed by atoms with van der Waals surface area (Å²) in [6.45, 7) is 0. The predicted octanol–water partition coefficient (Wildman–Crippen LogP) is 3.82. The van der Waals surface area contributed by atoms with Crippen LogP contribution in [0.2, 0.25) is 0 Å². The molecule has 0 amide bonds. The molecule has 2 aromatic carbocycles. The lowest BCUT2D eigenvalue weighted by molar-refractivity contribution is 0.306. The third-order valence-corrected chi connectivity index (χ3v) is 2.69. The zero-order valence-electron chi connectivity index (χ0n) is 8.76. The van der Waals surface area contributed by atoms with Crippen molar-refractivity contribution in [3.8, 4) is 0 Å². The van der Waals surface area contributed by atoms with Crippen molar-refractivity contribution in [2.24, 2.45) is 0 Å². The molecular weight excluding hydrogens is 196 g/mol. The average Bonchev–Trinajstić information content (AvgIpc) is 2.39. The maximum absolute atomic E-state index is 5.52. The van der Waals surface area contributed by atoms with Gasteiger partial charge in [0.2, 0.25) is 0 Å². The first-order chi connectivity index (χ1) is 7.95. The summed E-state index contributed by atoms with van der Waals surface area (Å²) in [5.41, 5.74) is 1.14. The highest BCUT2D eigenvalue weighted by Crippen LogP contribution is 2.28. The van der Waals surface area contributed by atoms with Crippen LogP contribution in [0, 0.1) is 6.10 Å². The monoisotopic (exact) mass is 207 g/mol. The van der Waals surface area contributed by atoms with Gasteiger partial charge in [-0.05, 0) is 22.9 Å². The molecule has 0 fully saturated rings. The first-order valence-electron chi connectivity index (χ1n) is 5.30. The first-order valence-corrected chi connectivity index (χ1v) is 5.30. The Labute approximate surface area is 94.7 Å². The Kier molecular flexibility index (Phi) is 2.22. The maximum atomic E-state index is 5.52. The number of rotatable bonds is 1. The highest BCUT2D eigenvalue weighted by molar-refractivity contribution is 5.87. The lowest BCUT2D eigenvalue weighted by atomic mass is 10.00. The molecule has 1 nitrogen and oxygen atoms in total. The van der Waals surface area contributed by atoms with Gasteiger partial charge in [0.1, 0.15) is 0 Å². The molecule has 77 valence electrons. The van der Waals surface area contributed by atoms with Gasteiger partial charge in [-0.15, -0.1) is 0 Å². The Balaban J connectivity index is 2.16. The molecule has 0 unspecified atom stereocenters. The normalized spacial score (nSPS) is 15.2. The number of benzene rings is 2. The number of hydrogen-bond donors (Lipinski definition) is 0. The van der Waals surface area contributed by atoms with Crippen molar-refractivity contribution in [3.05, 3.63) is 78.6 Å². The highest BCUT2D eigenvalue weighted by atomic mass is 16.5. The van der Waals surface area contributed by atoms with Crippen LogP contribution in [0.25, 0.3) is 10.8 Å². The molecule has 3 rings (SSSR count). The Morgan fingerprint density at radius 1 is 0.812 bits per heavy atom. The Morgan fingerprint density at radius 3 is 2.56 bits per heavy atom. The van der Waals surface area contributed by atoms with Gasteiger partial charge in [-0.1, -0.05) is 48.5 Å². The summed E-state index contributed by atoms with van der Waals surface area (Å²) in [6, 6.07) is 14.6. The Bertz CT molecular complexity index is 561. The quantitative estimate of drug-likeness (QED) is 0.690. The predicted molar refractivity (Wildman–Crippen MR) is 65.7 cm³/mol. The summed E-state index contributed by atoms with van der Waals surface area (Å²) in [5.74, 6) is 0. The summed E-state index contributed by atoms with van der Waals surface area (Å²) >= 11 is 0. The molecule has 1 heteroatoms. The van der Waals surface area contributed by atoms with E-state index >= 15 is 0 Å². The Hall–Kier alpha value is -2.02. The summed E-state index contributed by atoms with van der Waals surface area (Å²) in [4.78, 5) is 0. The fraction of sp³-hybridized carbons (Fsp3) is 0. The van der Waals surface area contributed by atoms with Crippen molar-refractivity contribution < 1.29 is 4.74 Å². The van der Waals surface area contributed by atoms with Gasteiger partial charge < -0.3 is 4.74 Å². The molecule has 0 aliphatic carbocycles. The lowest BCUT2D eigenvalue weighted by Gasteiger charge is -2.15. The minimum atomic E-state index is 0.902. The van der Waals surface area contributed by atoms with E-state index in [-0.39, 0.29) is 0 Å². The van der Waals surface area contributed by atoms with Gasteiger partial charge >= 0.3 is 0 Å². The van der Waals surface area contributed by atoms with E-state index in [9.17, 15) is 0 Å². The summed E-state index contributed by atoms with van der Waals surface area (Å²) < 4.78 is 5.52. The van der Waals surface area contributed by atoms with Gasteiger partial charge in [-0.3, -0.25) is 0 Å². The molecule has 1 radical (unpaired) electrons. The zero-order valence-corrected chi connectivity index (χ0v) is 8.76. The largest absolute Gasteiger partial charge is 0.481 e. The zero-order chi connectivity index (χ0) is 10.8. The second-order valence-corrected chi connectivity index (χ2v) is 3.70. The van der Waals surface area contributed by atoms with Gasteiger partial charge in [0, 0.05) is 5.56 Å². The fourth-order valence-corrected chi connectivity index (χ4v) is 1.93. The molecule has 0 saturated heterocycles. The molecule has 0 spiro atoms. The molecule has 1 heterocycles. The lowest BCUT2D eigenvalue weighted by Crippen LogP contribution is -2.01. The van der Waals surface area contributed by atoms with Crippen molar-refractivity contribution >= 4 is 10.8 Å². The average molecular weight is 207 g/mol. The standard InChI is InChI=1S/C15H11O/c1-2-8-13-12(6-1)7-5-9-14(13)15-10-3-4-11-16-15/h1-11H. The highest BCUT2D eigenvalue weighted by Gasteiger charge is 2.13. The third-order valence-electron chi connectivity index (χ3n) is 2.69. The van der Waals surface area contributed by atoms with Crippen LogP contribution in [-0.4, -0.2) is 0 Å². The van der Waals surface area contributed by atoms with E-state index in [1.54, 1.807) is 6.26 Å². The topological polar surface area (TPSA) is 9.23 Å². The van der Waals surface area contributed by atoms with E-state index < -0.39 is 0 Å². The molecule has 0 bridgehead atoms. The van der Waals surface area contributed by atoms with Crippen LogP contribution in [0.5, 0.6) is 0 Å². The van der Waals surface area contributed by atoms with Crippen molar-refractivity contribution in [2.75, 3.05) is 0 Å². The molecule has 2 aromatic rings. The number of fused-ring (bicyclic) bond motifs is 1. The Morgan fingerprint density at radius 2 is 1.69 bits per heavy atom. The summed E-state index contributed by atoms with van der Waals surface area (Å²) in [6.07, 6.45) is 8.47. The van der Waals surface area contributed by atoms with Crippen molar-refractivity contribution in [3.63, 3.8) is 0 Å². The van der Waals surface area contributed by atoms with E-state index in [1.807, 2.05) is 24.3 Å². The minimum absolute atomic E-state index is 0.902. The number of allylic oxidation sites excluding steroid dienone is 2. The van der Waals surface area contributed by atoms with Gasteiger partial charge in [0.25, 0.3) is 0 Å². The van der Waals surface area contributed by atoms with Gasteiger partial charge in [0.15, 0.2) is 6.10 Å². The van der Waals surface area contributed by atoms with Crippen LogP contribution in [-0.2, 0) is 4.74 Å². The van der Waals surface area contributed by atoms with Crippen molar-refractivity contribution in [1.29, 1.82) is 0 Å². The fourth-order valence-electron chi connectivity index (χ4n) is 1.93. The van der Waals surface area contributed by atoms with Gasteiger partial charge in [0.05, 0.1) is 6.26 Å². The van der Waals surface area contributed by atoms with E-state index in [0.29, 0.717) is 0 Å². The minimum Gasteiger partial charge on any atom is -0.481 e. The molecule has 16 heavy (non-hydrogen) atoms. The maximum Gasteiger partial charge on any atom is 0.199 e. The second kappa shape index (κ2) is 3.86. The SMILES string of the molecule is C1=CO[C](c2cccc3ccccc23)C=C1. The van der Waals surface area contributed by atoms with Crippen molar-refractivity contribution in [2.45, 2.75) is 0 Å². The van der Waals surface area contributed by atoms with E-state index in [1.165, 1.54) is 10.8 Å². The molecular formula is C15H11O. The van der Waals surface area contributed by atoms with Crippen LogP contribution >= 0.6 is 0 Å². The van der Waals surface area contributed by atoms with Crippen LogP contribution in [0.3, 0.4) is 0 Å². The van der Waals surface area contributed by atoms with Crippen LogP contribution in [0.1, 0.15) is 5.56 Å². The molecule has 0 aromatic heterocycles. The molecule has 1 aliphatic heterocycles. The first kappa shape index (κ1) is 9.22. The van der Waals surface area contributed by atoms with E-state index in [0.717, 1.165) is 11.7 Å².